The van der Waals surface area contributed by atoms with Gasteiger partial charge < -0.3 is 47.8 Å². The summed E-state index contributed by atoms with van der Waals surface area (Å²) in [5.41, 5.74) is -11.3. The summed E-state index contributed by atoms with van der Waals surface area (Å²) in [4.78, 5) is 52.8. The molecule has 1 spiro atoms. The number of hydrogen-bond donors (Lipinski definition) is 2. The summed E-state index contributed by atoms with van der Waals surface area (Å²) < 4.78 is 49.0. The third-order valence-corrected chi connectivity index (χ3v) is 13.1. The van der Waals surface area contributed by atoms with Gasteiger partial charge in [0.1, 0.15) is 23.4 Å². The fourth-order valence-electron chi connectivity index (χ4n) is 11.8. The minimum absolute atomic E-state index is 0.104. The Morgan fingerprint density at radius 2 is 1.81 bits per heavy atom. The van der Waals surface area contributed by atoms with E-state index in [-0.39, 0.29) is 24.8 Å². The van der Waals surface area contributed by atoms with E-state index >= 15 is 0 Å². The van der Waals surface area contributed by atoms with Crippen LogP contribution in [0.5, 0.6) is 0 Å². The van der Waals surface area contributed by atoms with Gasteiger partial charge in [-0.05, 0) is 30.9 Å². The zero-order valence-electron chi connectivity index (χ0n) is 27.1. The zero-order chi connectivity index (χ0) is 34.0. The smallest absolute Gasteiger partial charge is 0.331 e. The summed E-state index contributed by atoms with van der Waals surface area (Å²) in [6.07, 6.45) is -1.59. The molecule has 2 N–H and O–H groups in total. The van der Waals surface area contributed by atoms with Gasteiger partial charge >= 0.3 is 23.9 Å². The van der Waals surface area contributed by atoms with Gasteiger partial charge in [-0.15, -0.1) is 0 Å². The van der Waals surface area contributed by atoms with Crippen LogP contribution in [0.1, 0.15) is 72.5 Å². The largest absolute Gasteiger partial charge is 0.472 e. The van der Waals surface area contributed by atoms with Crippen LogP contribution in [-0.4, -0.2) is 87.9 Å². The van der Waals surface area contributed by atoms with E-state index in [0.717, 1.165) is 0 Å². The van der Waals surface area contributed by atoms with Crippen LogP contribution in [0.3, 0.4) is 0 Å². The number of esters is 4. The van der Waals surface area contributed by atoms with Crippen LogP contribution in [0.15, 0.2) is 34.7 Å². The molecule has 14 nitrogen and oxygen atoms in total. The fraction of sp³-hybridized carbons (Fsp3) is 0.697. The van der Waals surface area contributed by atoms with E-state index < -0.39 is 98.8 Å². The van der Waals surface area contributed by atoms with Crippen molar-refractivity contribution in [1.82, 2.24) is 0 Å². The molecule has 13 atom stereocenters. The van der Waals surface area contributed by atoms with Crippen molar-refractivity contribution < 1.29 is 67.0 Å². The molecule has 14 heteroatoms. The minimum atomic E-state index is -2.14. The lowest BCUT2D eigenvalue weighted by Crippen LogP contribution is -2.93. The molecule has 4 saturated carbocycles. The summed E-state index contributed by atoms with van der Waals surface area (Å²) in [5, 5.41) is 25.8. The SMILES string of the molecule is COC(=O)CC1C2(C)CC3(O)C(OC(C)=O)(C2OC(C)=O)C2OC4(C)OC25C2=CC(=O)OC(c6ccoc6)C2(C)C(O)CC5(O4)C13C. The highest BCUT2D eigenvalue weighted by Crippen LogP contribution is 2.88. The molecule has 4 aliphatic carbocycles. The van der Waals surface area contributed by atoms with Crippen molar-refractivity contribution in [1.29, 1.82) is 0 Å². The second-order valence-corrected chi connectivity index (χ2v) is 15.0. The highest BCUT2D eigenvalue weighted by Gasteiger charge is 3.03. The van der Waals surface area contributed by atoms with Crippen molar-refractivity contribution in [3.05, 3.63) is 35.8 Å². The van der Waals surface area contributed by atoms with Crippen LogP contribution in [0.25, 0.3) is 0 Å². The molecule has 0 radical (unpaired) electrons. The molecule has 47 heavy (non-hydrogen) atoms. The molecule has 4 bridgehead atoms. The first-order valence-corrected chi connectivity index (χ1v) is 15.7. The van der Waals surface area contributed by atoms with Crippen molar-refractivity contribution in [3.63, 3.8) is 0 Å². The van der Waals surface area contributed by atoms with Crippen molar-refractivity contribution in [2.75, 3.05) is 7.11 Å². The molecule has 6 fully saturated rings. The number of carbonyl (C=O) groups excluding carboxylic acids is 4. The van der Waals surface area contributed by atoms with Crippen molar-refractivity contribution in [2.45, 2.75) is 114 Å². The average molecular weight is 659 g/mol. The van der Waals surface area contributed by atoms with E-state index in [0.29, 0.717) is 5.56 Å². The molecule has 1 aromatic heterocycles. The van der Waals surface area contributed by atoms with E-state index in [1.165, 1.54) is 46.5 Å². The first-order valence-electron chi connectivity index (χ1n) is 15.7. The Balaban J connectivity index is 1.49. The summed E-state index contributed by atoms with van der Waals surface area (Å²) in [7, 11) is 1.24. The topological polar surface area (TPSA) is 186 Å². The van der Waals surface area contributed by atoms with Crippen molar-refractivity contribution in [3.8, 4) is 0 Å². The molecule has 2 saturated heterocycles. The van der Waals surface area contributed by atoms with Gasteiger partial charge in [-0.1, -0.05) is 13.8 Å². The van der Waals surface area contributed by atoms with E-state index in [4.69, 9.17) is 37.6 Å². The van der Waals surface area contributed by atoms with E-state index in [9.17, 15) is 29.4 Å². The number of cyclic esters (lactones) is 1. The average Bonchev–Trinajstić information content (AvgIpc) is 3.74. The molecule has 3 aliphatic heterocycles. The quantitative estimate of drug-likeness (QED) is 0.344. The highest BCUT2D eigenvalue weighted by atomic mass is 17.0. The Bertz CT molecular complexity index is 1670. The lowest BCUT2D eigenvalue weighted by atomic mass is 9.34. The minimum Gasteiger partial charge on any atom is -0.472 e. The van der Waals surface area contributed by atoms with E-state index in [2.05, 4.69) is 0 Å². The normalized spacial score (nSPS) is 52.7. The van der Waals surface area contributed by atoms with Gasteiger partial charge in [-0.2, -0.15) is 0 Å². The molecular formula is C33H38O14. The van der Waals surface area contributed by atoms with Gasteiger partial charge in [0.15, 0.2) is 11.7 Å². The van der Waals surface area contributed by atoms with Gasteiger partial charge in [0.2, 0.25) is 5.60 Å². The number of fused-ring (bicyclic) bond motifs is 4. The zero-order valence-corrected chi connectivity index (χ0v) is 27.1. The molecule has 1 aromatic rings. The molecule has 0 amide bonds. The van der Waals surface area contributed by atoms with Crippen molar-refractivity contribution in [2.24, 2.45) is 22.2 Å². The molecule has 4 heterocycles. The molecule has 13 unspecified atom stereocenters. The summed E-state index contributed by atoms with van der Waals surface area (Å²) >= 11 is 0. The summed E-state index contributed by atoms with van der Waals surface area (Å²) in [6.45, 7) is 9.11. The van der Waals surface area contributed by atoms with Gasteiger partial charge in [0, 0.05) is 56.1 Å². The third-order valence-electron chi connectivity index (χ3n) is 13.1. The summed E-state index contributed by atoms with van der Waals surface area (Å²) in [6, 6.07) is 1.63. The number of aliphatic hydroxyl groups excluding tert-OH is 1. The second-order valence-electron chi connectivity index (χ2n) is 15.0. The lowest BCUT2D eigenvalue weighted by Gasteiger charge is -2.76. The Kier molecular flexibility index (Phi) is 5.70. The molecule has 254 valence electrons. The van der Waals surface area contributed by atoms with Gasteiger partial charge in [0.05, 0.1) is 31.2 Å². The van der Waals surface area contributed by atoms with E-state index in [1.54, 1.807) is 26.8 Å². The maximum absolute atomic E-state index is 13.5. The van der Waals surface area contributed by atoms with Crippen LogP contribution in [0, 0.1) is 22.2 Å². The highest BCUT2D eigenvalue weighted by molar-refractivity contribution is 5.86. The maximum Gasteiger partial charge on any atom is 0.331 e. The lowest BCUT2D eigenvalue weighted by molar-refractivity contribution is -0.446. The monoisotopic (exact) mass is 658 g/mol. The Labute approximate surface area is 269 Å². The van der Waals surface area contributed by atoms with Crippen LogP contribution in [0.2, 0.25) is 0 Å². The predicted molar refractivity (Wildman–Crippen MR) is 151 cm³/mol. The fourth-order valence-corrected chi connectivity index (χ4v) is 11.8. The number of ether oxygens (including phenoxy) is 7. The number of furan rings is 1. The molecule has 0 aromatic carbocycles. The van der Waals surface area contributed by atoms with Crippen LogP contribution >= 0.6 is 0 Å². The predicted octanol–water partition coefficient (Wildman–Crippen LogP) is 1.76. The molecular weight excluding hydrogens is 620 g/mol. The molecule has 8 rings (SSSR count). The summed E-state index contributed by atoms with van der Waals surface area (Å²) in [5.74, 6) is -5.59. The first kappa shape index (κ1) is 31.0. The number of carbonyl (C=O) groups is 4. The van der Waals surface area contributed by atoms with Crippen LogP contribution < -0.4 is 0 Å². The molecule has 7 aliphatic rings. The van der Waals surface area contributed by atoms with Gasteiger partial charge in [-0.25, -0.2) is 4.79 Å². The standard InChI is InChI=1S/C33H38O14/c1-15(34)42-24-26(3)14-30(39)28(5,18(26)10-21(37)40-7)31-12-20(36)27(4)19(11-22(38)43-23(27)17-8-9-41-13-17)32(31)25(33(24,30)44-16(2)35)45-29(6,46-31)47-32/h8-9,11,13,18,20,23-25,36,39H,10,12,14H2,1-7H3. The van der Waals surface area contributed by atoms with Gasteiger partial charge in [-0.3, -0.25) is 14.4 Å². The third kappa shape index (κ3) is 2.96. The Morgan fingerprint density at radius 1 is 1.09 bits per heavy atom. The Hall–Kier alpha value is -3.30. The van der Waals surface area contributed by atoms with Crippen molar-refractivity contribution >= 4 is 23.9 Å². The number of rotatable bonds is 5. The Morgan fingerprint density at radius 3 is 2.43 bits per heavy atom. The maximum atomic E-state index is 13.5. The first-order chi connectivity index (χ1) is 21.9. The van der Waals surface area contributed by atoms with E-state index in [1.807, 2.05) is 0 Å². The van der Waals surface area contributed by atoms with Gasteiger partial charge in [0.25, 0.3) is 5.97 Å². The van der Waals surface area contributed by atoms with Crippen LogP contribution in [0.4, 0.5) is 0 Å². The number of methoxy groups -OCH3 is 1. The van der Waals surface area contributed by atoms with Crippen LogP contribution in [-0.2, 0) is 52.3 Å². The number of aliphatic hydroxyl groups is 2. The second kappa shape index (κ2) is 8.64. The number of hydrogen-bond acceptors (Lipinski definition) is 14.